The maximum Gasteiger partial charge on any atom is 0.494 e. The highest BCUT2D eigenvalue weighted by Gasteiger charge is 2.51. The minimum Gasteiger partial charge on any atom is -0.399 e. The maximum atomic E-state index is 12.7. The molecule has 1 N–H and O–H groups in total. The first-order valence-electron chi connectivity index (χ1n) is 9.25. The molecule has 0 radical (unpaired) electrons. The SMILES string of the molecule is Cc1cc(B2OC(C)(C)C(C)(C)O2)ccc1C(=O)Nc1ccc(C(F)(F)F)cc1. The third-order valence-corrected chi connectivity index (χ3v) is 5.49. The van der Waals surface area contributed by atoms with Crippen molar-refractivity contribution in [3.8, 4) is 0 Å². The molecule has 2 aromatic carbocycles. The molecule has 2 aromatic rings. The summed E-state index contributed by atoms with van der Waals surface area (Å²) in [7, 11) is -0.536. The number of anilines is 1. The predicted molar refractivity (Wildman–Crippen MR) is 106 cm³/mol. The molecule has 1 fully saturated rings. The summed E-state index contributed by atoms with van der Waals surface area (Å²) < 4.78 is 50.0. The van der Waals surface area contributed by atoms with Crippen LogP contribution in [0.3, 0.4) is 0 Å². The average molecular weight is 405 g/mol. The molecule has 1 aliphatic heterocycles. The number of halogens is 3. The van der Waals surface area contributed by atoms with Crippen molar-refractivity contribution in [3.05, 3.63) is 59.2 Å². The van der Waals surface area contributed by atoms with Crippen LogP contribution in [0.5, 0.6) is 0 Å². The first-order chi connectivity index (χ1) is 13.3. The first-order valence-corrected chi connectivity index (χ1v) is 9.25. The van der Waals surface area contributed by atoms with E-state index >= 15 is 0 Å². The molecule has 0 saturated carbocycles. The summed E-state index contributed by atoms with van der Waals surface area (Å²) in [6.07, 6.45) is -4.41. The van der Waals surface area contributed by atoms with Gasteiger partial charge in [0.2, 0.25) is 0 Å². The van der Waals surface area contributed by atoms with E-state index in [0.717, 1.165) is 17.6 Å². The fourth-order valence-corrected chi connectivity index (χ4v) is 3.01. The van der Waals surface area contributed by atoms with Crippen LogP contribution in [0.1, 0.15) is 49.2 Å². The molecular formula is C21H23BF3NO3. The number of carbonyl (C=O) groups excluding carboxylic acids is 1. The summed E-state index contributed by atoms with van der Waals surface area (Å²) in [5.74, 6) is -0.400. The van der Waals surface area contributed by atoms with Crippen molar-refractivity contribution in [2.24, 2.45) is 0 Å². The topological polar surface area (TPSA) is 47.6 Å². The Morgan fingerprint density at radius 2 is 1.52 bits per heavy atom. The van der Waals surface area contributed by atoms with Gasteiger partial charge in [0.25, 0.3) is 5.91 Å². The van der Waals surface area contributed by atoms with Crippen LogP contribution in [-0.2, 0) is 15.5 Å². The average Bonchev–Trinajstić information content (AvgIpc) is 2.82. The normalized spacial score (nSPS) is 18.0. The zero-order valence-corrected chi connectivity index (χ0v) is 17.0. The second-order valence-electron chi connectivity index (χ2n) is 8.19. The lowest BCUT2D eigenvalue weighted by Crippen LogP contribution is -2.41. The zero-order chi connectivity index (χ0) is 21.6. The van der Waals surface area contributed by atoms with Gasteiger partial charge in [-0.15, -0.1) is 0 Å². The van der Waals surface area contributed by atoms with Gasteiger partial charge in [-0.2, -0.15) is 13.2 Å². The molecule has 0 aromatic heterocycles. The number of hydrogen-bond acceptors (Lipinski definition) is 3. The van der Waals surface area contributed by atoms with E-state index in [-0.39, 0.29) is 5.69 Å². The van der Waals surface area contributed by atoms with E-state index in [0.29, 0.717) is 11.1 Å². The molecule has 0 aliphatic carbocycles. The van der Waals surface area contributed by atoms with Crippen molar-refractivity contribution in [1.29, 1.82) is 0 Å². The predicted octanol–water partition coefficient (Wildman–Crippen LogP) is 4.57. The van der Waals surface area contributed by atoms with Gasteiger partial charge in [-0.3, -0.25) is 4.79 Å². The second-order valence-corrected chi connectivity index (χ2v) is 8.19. The molecule has 1 amide bonds. The number of aryl methyl sites for hydroxylation is 1. The number of rotatable bonds is 3. The Bertz CT molecular complexity index is 908. The molecule has 3 rings (SSSR count). The molecule has 29 heavy (non-hydrogen) atoms. The van der Waals surface area contributed by atoms with Gasteiger partial charge in [0.15, 0.2) is 0 Å². The Balaban J connectivity index is 1.74. The Morgan fingerprint density at radius 3 is 2.00 bits per heavy atom. The summed E-state index contributed by atoms with van der Waals surface area (Å²) >= 11 is 0. The largest absolute Gasteiger partial charge is 0.494 e. The summed E-state index contributed by atoms with van der Waals surface area (Å²) in [6, 6.07) is 9.58. The fourth-order valence-electron chi connectivity index (χ4n) is 3.01. The van der Waals surface area contributed by atoms with Crippen molar-refractivity contribution in [2.45, 2.75) is 52.0 Å². The van der Waals surface area contributed by atoms with Gasteiger partial charge in [-0.05, 0) is 76.0 Å². The monoisotopic (exact) mass is 405 g/mol. The van der Waals surface area contributed by atoms with Gasteiger partial charge < -0.3 is 14.6 Å². The summed E-state index contributed by atoms with van der Waals surface area (Å²) in [5.41, 5.74) is 0.517. The van der Waals surface area contributed by atoms with Crippen LogP contribution in [0.4, 0.5) is 18.9 Å². The maximum absolute atomic E-state index is 12.7. The Hall–Kier alpha value is -2.32. The highest BCUT2D eigenvalue weighted by atomic mass is 19.4. The number of benzene rings is 2. The molecule has 0 atom stereocenters. The van der Waals surface area contributed by atoms with Gasteiger partial charge in [0.1, 0.15) is 0 Å². The third kappa shape index (κ3) is 4.33. The van der Waals surface area contributed by atoms with Crippen molar-refractivity contribution in [1.82, 2.24) is 0 Å². The van der Waals surface area contributed by atoms with Crippen LogP contribution in [0.25, 0.3) is 0 Å². The lowest BCUT2D eigenvalue weighted by molar-refractivity contribution is -0.137. The van der Waals surface area contributed by atoms with E-state index in [9.17, 15) is 18.0 Å². The molecule has 0 bridgehead atoms. The van der Waals surface area contributed by atoms with Gasteiger partial charge in [0.05, 0.1) is 16.8 Å². The molecule has 4 nitrogen and oxygen atoms in total. The van der Waals surface area contributed by atoms with Gasteiger partial charge in [0, 0.05) is 11.3 Å². The molecular weight excluding hydrogens is 382 g/mol. The molecule has 8 heteroatoms. The van der Waals surface area contributed by atoms with Crippen LogP contribution in [0.15, 0.2) is 42.5 Å². The smallest absolute Gasteiger partial charge is 0.399 e. The van der Waals surface area contributed by atoms with Gasteiger partial charge in [-0.1, -0.05) is 12.1 Å². The summed E-state index contributed by atoms with van der Waals surface area (Å²) in [6.45, 7) is 9.64. The van der Waals surface area contributed by atoms with E-state index in [4.69, 9.17) is 9.31 Å². The number of nitrogens with one attached hydrogen (secondary N) is 1. The molecule has 0 unspecified atom stereocenters. The summed E-state index contributed by atoms with van der Waals surface area (Å²) in [4.78, 5) is 12.6. The van der Waals surface area contributed by atoms with Crippen molar-refractivity contribution >= 4 is 24.2 Å². The van der Waals surface area contributed by atoms with Crippen LogP contribution >= 0.6 is 0 Å². The van der Waals surface area contributed by atoms with E-state index in [1.54, 1.807) is 19.1 Å². The standard InChI is InChI=1S/C21H23BF3NO3/c1-13-12-15(22-28-19(2,3)20(4,5)29-22)8-11-17(13)18(27)26-16-9-6-14(7-10-16)21(23,24)25/h6-12H,1-5H3,(H,26,27). The fraction of sp³-hybridized carbons (Fsp3) is 0.381. The first kappa shape index (κ1) is 21.4. The van der Waals surface area contributed by atoms with Crippen LogP contribution < -0.4 is 10.8 Å². The summed E-state index contributed by atoms with van der Waals surface area (Å²) in [5, 5.41) is 2.62. The number of amides is 1. The van der Waals surface area contributed by atoms with E-state index in [2.05, 4.69) is 5.32 Å². The molecule has 154 valence electrons. The van der Waals surface area contributed by atoms with Crippen LogP contribution in [0, 0.1) is 6.92 Å². The number of hydrogen-bond donors (Lipinski definition) is 1. The minimum absolute atomic E-state index is 0.289. The van der Waals surface area contributed by atoms with Gasteiger partial charge in [-0.25, -0.2) is 0 Å². The molecule has 0 spiro atoms. The third-order valence-electron chi connectivity index (χ3n) is 5.49. The minimum atomic E-state index is -4.41. The Labute approximate surface area is 168 Å². The zero-order valence-electron chi connectivity index (χ0n) is 17.0. The van der Waals surface area contributed by atoms with Crippen LogP contribution in [0.2, 0.25) is 0 Å². The molecule has 1 heterocycles. The molecule has 1 saturated heterocycles. The molecule has 1 aliphatic rings. The Kier molecular flexibility index (Phi) is 5.30. The Morgan fingerprint density at radius 1 is 0.966 bits per heavy atom. The number of alkyl halides is 3. The van der Waals surface area contributed by atoms with E-state index in [1.165, 1.54) is 12.1 Å². The van der Waals surface area contributed by atoms with Crippen LogP contribution in [-0.4, -0.2) is 24.2 Å². The second kappa shape index (κ2) is 7.18. The highest BCUT2D eigenvalue weighted by Crippen LogP contribution is 2.36. The highest BCUT2D eigenvalue weighted by molar-refractivity contribution is 6.62. The lowest BCUT2D eigenvalue weighted by Gasteiger charge is -2.32. The van der Waals surface area contributed by atoms with Gasteiger partial charge >= 0.3 is 13.3 Å². The van der Waals surface area contributed by atoms with Crippen molar-refractivity contribution in [3.63, 3.8) is 0 Å². The lowest BCUT2D eigenvalue weighted by atomic mass is 9.78. The van der Waals surface area contributed by atoms with E-state index in [1.807, 2.05) is 33.8 Å². The van der Waals surface area contributed by atoms with E-state index < -0.39 is 36.0 Å². The van der Waals surface area contributed by atoms with Crippen molar-refractivity contribution in [2.75, 3.05) is 5.32 Å². The van der Waals surface area contributed by atoms with Crippen molar-refractivity contribution < 1.29 is 27.3 Å². The quantitative estimate of drug-likeness (QED) is 0.762. The number of carbonyl (C=O) groups is 1.